The van der Waals surface area contributed by atoms with Gasteiger partial charge in [0.2, 0.25) is 5.91 Å². The molecule has 1 N–H and O–H groups in total. The highest BCUT2D eigenvalue weighted by molar-refractivity contribution is 5.92. The van der Waals surface area contributed by atoms with Gasteiger partial charge < -0.3 is 14.6 Å². The predicted molar refractivity (Wildman–Crippen MR) is 99.3 cm³/mol. The largest absolute Gasteiger partial charge is 0.497 e. The Morgan fingerprint density at radius 2 is 1.96 bits per heavy atom. The number of carbonyl (C=O) groups excluding carboxylic acids is 1. The van der Waals surface area contributed by atoms with Crippen molar-refractivity contribution >= 4 is 22.4 Å². The van der Waals surface area contributed by atoms with E-state index in [-0.39, 0.29) is 18.0 Å². The van der Waals surface area contributed by atoms with Crippen LogP contribution in [0.5, 0.6) is 5.75 Å². The highest BCUT2D eigenvalue weighted by atomic mass is 16.5. The van der Waals surface area contributed by atoms with E-state index in [0.717, 1.165) is 22.2 Å². The lowest BCUT2D eigenvalue weighted by Crippen LogP contribution is -2.27. The number of amides is 1. The zero-order chi connectivity index (χ0) is 18.0. The molecule has 5 heteroatoms. The molecule has 0 radical (unpaired) electrons. The van der Waals surface area contributed by atoms with Crippen molar-refractivity contribution in [2.75, 3.05) is 12.4 Å². The first-order valence-corrected chi connectivity index (χ1v) is 8.03. The van der Waals surface area contributed by atoms with Crippen molar-refractivity contribution in [1.29, 1.82) is 0 Å². The van der Waals surface area contributed by atoms with Crippen molar-refractivity contribution in [3.8, 4) is 5.75 Å². The van der Waals surface area contributed by atoms with E-state index in [4.69, 9.17) is 4.74 Å². The Morgan fingerprint density at radius 3 is 2.72 bits per heavy atom. The minimum atomic E-state index is -0.233. The zero-order valence-electron chi connectivity index (χ0n) is 14.5. The molecule has 0 aliphatic rings. The summed E-state index contributed by atoms with van der Waals surface area (Å²) in [5.41, 5.74) is 2.70. The van der Waals surface area contributed by atoms with Crippen LogP contribution in [0.3, 0.4) is 0 Å². The number of fused-ring (bicyclic) bond motifs is 1. The third kappa shape index (κ3) is 3.40. The number of methoxy groups -OCH3 is 1. The van der Waals surface area contributed by atoms with Gasteiger partial charge in [-0.25, -0.2) is 0 Å². The zero-order valence-corrected chi connectivity index (χ0v) is 14.5. The molecule has 0 aliphatic heterocycles. The second-order valence-corrected chi connectivity index (χ2v) is 6.00. The van der Waals surface area contributed by atoms with E-state index in [1.54, 1.807) is 31.5 Å². The number of anilines is 1. The number of ether oxygens (including phenoxy) is 1. The maximum atomic E-state index is 12.6. The standard InChI is InChI=1S/C20H20N2O3/c1-13-5-4-6-18(14(13)2)21-19(23)12-22-10-9-15-11-16(25-3)7-8-17(15)20(22)24/h4-11H,12H2,1-3H3,(H,21,23). The molecular formula is C20H20N2O3. The van der Waals surface area contributed by atoms with Crippen LogP contribution in [0, 0.1) is 13.8 Å². The van der Waals surface area contributed by atoms with Gasteiger partial charge in [0.1, 0.15) is 12.3 Å². The molecule has 128 valence electrons. The van der Waals surface area contributed by atoms with E-state index in [0.29, 0.717) is 11.1 Å². The van der Waals surface area contributed by atoms with Crippen LogP contribution in [-0.2, 0) is 11.3 Å². The third-order valence-electron chi connectivity index (χ3n) is 4.38. The Kier molecular flexibility index (Phi) is 4.57. The topological polar surface area (TPSA) is 60.3 Å². The third-order valence-corrected chi connectivity index (χ3v) is 4.38. The molecule has 0 saturated carbocycles. The SMILES string of the molecule is COc1ccc2c(=O)n(CC(=O)Nc3cccc(C)c3C)ccc2c1. The first-order chi connectivity index (χ1) is 12.0. The normalized spacial score (nSPS) is 10.7. The lowest BCUT2D eigenvalue weighted by Gasteiger charge is -2.12. The van der Waals surface area contributed by atoms with E-state index < -0.39 is 0 Å². The second-order valence-electron chi connectivity index (χ2n) is 6.00. The molecule has 0 bridgehead atoms. The van der Waals surface area contributed by atoms with Crippen LogP contribution in [0.2, 0.25) is 0 Å². The number of aryl methyl sites for hydroxylation is 1. The number of aromatic nitrogens is 1. The van der Waals surface area contributed by atoms with Crippen LogP contribution >= 0.6 is 0 Å². The molecule has 1 amide bonds. The van der Waals surface area contributed by atoms with Crippen molar-refractivity contribution in [3.63, 3.8) is 0 Å². The van der Waals surface area contributed by atoms with E-state index in [1.165, 1.54) is 4.57 Å². The van der Waals surface area contributed by atoms with Crippen LogP contribution in [0.1, 0.15) is 11.1 Å². The van der Waals surface area contributed by atoms with Gasteiger partial charge in [-0.2, -0.15) is 0 Å². The van der Waals surface area contributed by atoms with Gasteiger partial charge in [0.25, 0.3) is 5.56 Å². The fourth-order valence-corrected chi connectivity index (χ4v) is 2.75. The average Bonchev–Trinajstić information content (AvgIpc) is 2.61. The van der Waals surface area contributed by atoms with Crippen molar-refractivity contribution < 1.29 is 9.53 Å². The molecule has 1 heterocycles. The van der Waals surface area contributed by atoms with E-state index in [9.17, 15) is 9.59 Å². The second kappa shape index (κ2) is 6.81. The van der Waals surface area contributed by atoms with Gasteiger partial charge in [-0.15, -0.1) is 0 Å². The molecule has 0 unspecified atom stereocenters. The average molecular weight is 336 g/mol. The fourth-order valence-electron chi connectivity index (χ4n) is 2.75. The van der Waals surface area contributed by atoms with Crippen molar-refractivity contribution in [2.45, 2.75) is 20.4 Å². The van der Waals surface area contributed by atoms with Crippen molar-refractivity contribution in [1.82, 2.24) is 4.57 Å². The van der Waals surface area contributed by atoms with Gasteiger partial charge in [-0.1, -0.05) is 12.1 Å². The monoisotopic (exact) mass is 336 g/mol. The maximum Gasteiger partial charge on any atom is 0.258 e. The Bertz CT molecular complexity index is 1010. The molecule has 0 aliphatic carbocycles. The van der Waals surface area contributed by atoms with Gasteiger partial charge in [-0.3, -0.25) is 9.59 Å². The van der Waals surface area contributed by atoms with Gasteiger partial charge in [0, 0.05) is 17.3 Å². The van der Waals surface area contributed by atoms with Crippen molar-refractivity contribution in [3.05, 3.63) is 70.1 Å². The molecule has 25 heavy (non-hydrogen) atoms. The number of nitrogens with one attached hydrogen (secondary N) is 1. The highest BCUT2D eigenvalue weighted by Crippen LogP contribution is 2.19. The quantitative estimate of drug-likeness (QED) is 0.795. The summed E-state index contributed by atoms with van der Waals surface area (Å²) in [4.78, 5) is 24.9. The van der Waals surface area contributed by atoms with Crippen molar-refractivity contribution in [2.24, 2.45) is 0 Å². The number of hydrogen-bond donors (Lipinski definition) is 1. The fraction of sp³-hybridized carbons (Fsp3) is 0.200. The van der Waals surface area contributed by atoms with Gasteiger partial charge in [-0.05, 0) is 60.7 Å². The summed E-state index contributed by atoms with van der Waals surface area (Å²) in [6.07, 6.45) is 1.63. The number of pyridine rings is 1. The smallest absolute Gasteiger partial charge is 0.258 e. The molecule has 3 aromatic rings. The molecule has 5 nitrogen and oxygen atoms in total. The molecule has 1 aromatic heterocycles. The number of hydrogen-bond acceptors (Lipinski definition) is 3. The lowest BCUT2D eigenvalue weighted by atomic mass is 10.1. The highest BCUT2D eigenvalue weighted by Gasteiger charge is 2.10. The summed E-state index contributed by atoms with van der Waals surface area (Å²) >= 11 is 0. The van der Waals surface area contributed by atoms with Gasteiger partial charge in [0.15, 0.2) is 0 Å². The van der Waals surface area contributed by atoms with E-state index in [1.807, 2.05) is 38.1 Å². The summed E-state index contributed by atoms with van der Waals surface area (Å²) < 4.78 is 6.58. The minimum absolute atomic E-state index is 0.0335. The Balaban J connectivity index is 1.85. The number of carbonyl (C=O) groups is 1. The maximum absolute atomic E-state index is 12.6. The van der Waals surface area contributed by atoms with Crippen LogP contribution < -0.4 is 15.6 Å². The Hall–Kier alpha value is -3.08. The molecule has 0 spiro atoms. The Morgan fingerprint density at radius 1 is 1.16 bits per heavy atom. The lowest BCUT2D eigenvalue weighted by molar-refractivity contribution is -0.116. The summed E-state index contributed by atoms with van der Waals surface area (Å²) in [7, 11) is 1.58. The molecular weight excluding hydrogens is 316 g/mol. The first-order valence-electron chi connectivity index (χ1n) is 8.03. The van der Waals surface area contributed by atoms with Gasteiger partial charge in [0.05, 0.1) is 7.11 Å². The summed E-state index contributed by atoms with van der Waals surface area (Å²) in [6.45, 7) is 3.92. The van der Waals surface area contributed by atoms with Crippen LogP contribution in [0.4, 0.5) is 5.69 Å². The number of rotatable bonds is 4. The van der Waals surface area contributed by atoms with Crippen LogP contribution in [0.25, 0.3) is 10.8 Å². The molecule has 3 rings (SSSR count). The summed E-state index contributed by atoms with van der Waals surface area (Å²) in [5.74, 6) is 0.459. The van der Waals surface area contributed by atoms with Crippen LogP contribution in [-0.4, -0.2) is 17.6 Å². The minimum Gasteiger partial charge on any atom is -0.497 e. The molecule has 0 atom stereocenters. The summed E-state index contributed by atoms with van der Waals surface area (Å²) in [6, 6.07) is 12.8. The molecule has 0 fully saturated rings. The van der Waals surface area contributed by atoms with Gasteiger partial charge >= 0.3 is 0 Å². The summed E-state index contributed by atoms with van der Waals surface area (Å²) in [5, 5.41) is 4.22. The predicted octanol–water partition coefficient (Wildman–Crippen LogP) is 3.27. The molecule has 2 aromatic carbocycles. The van der Waals surface area contributed by atoms with E-state index >= 15 is 0 Å². The molecule has 0 saturated heterocycles. The number of nitrogens with zero attached hydrogens (tertiary/aromatic N) is 1. The Labute approximate surface area is 145 Å². The van der Waals surface area contributed by atoms with E-state index in [2.05, 4.69) is 5.32 Å². The first kappa shape index (κ1) is 16.8. The number of benzene rings is 2. The van der Waals surface area contributed by atoms with Crippen LogP contribution in [0.15, 0.2) is 53.5 Å².